The van der Waals surface area contributed by atoms with Crippen LogP contribution in [0.15, 0.2) is 18.3 Å². The zero-order valence-corrected chi connectivity index (χ0v) is 12.6. The Morgan fingerprint density at radius 1 is 1.45 bits per heavy atom. The zero-order chi connectivity index (χ0) is 15.3. The maximum atomic E-state index is 11.9. The summed E-state index contributed by atoms with van der Waals surface area (Å²) in [5.74, 6) is -1.88. The van der Waals surface area contributed by atoms with E-state index in [0.717, 1.165) is 0 Å². The number of nitrogens with zero attached hydrogens (tertiary/aromatic N) is 1. The molecular formula is C14H19ClN2O3. The topological polar surface area (TPSA) is 79.3 Å². The van der Waals surface area contributed by atoms with E-state index in [1.54, 1.807) is 0 Å². The molecule has 0 aliphatic carbocycles. The van der Waals surface area contributed by atoms with Crippen LogP contribution in [-0.2, 0) is 4.79 Å². The summed E-state index contributed by atoms with van der Waals surface area (Å²) in [5.41, 5.74) is 0.248. The third-order valence-corrected chi connectivity index (χ3v) is 2.91. The number of hydrogen-bond donors (Lipinski definition) is 2. The number of halogens is 1. The fourth-order valence-electron chi connectivity index (χ4n) is 1.85. The molecule has 0 aliphatic heterocycles. The number of hydrogen-bond acceptors (Lipinski definition) is 3. The Kier molecular flexibility index (Phi) is 5.51. The van der Waals surface area contributed by atoms with E-state index >= 15 is 0 Å². The van der Waals surface area contributed by atoms with Crippen LogP contribution in [0, 0.1) is 11.3 Å². The largest absolute Gasteiger partial charge is 0.481 e. The molecule has 20 heavy (non-hydrogen) atoms. The molecule has 1 amide bonds. The van der Waals surface area contributed by atoms with Crippen LogP contribution in [0.5, 0.6) is 0 Å². The predicted octanol–water partition coefficient (Wildman–Crippen LogP) is 2.60. The minimum absolute atomic E-state index is 0.0887. The van der Waals surface area contributed by atoms with Crippen molar-refractivity contribution in [2.24, 2.45) is 11.3 Å². The van der Waals surface area contributed by atoms with Gasteiger partial charge in [-0.2, -0.15) is 0 Å². The highest BCUT2D eigenvalue weighted by Gasteiger charge is 2.25. The Morgan fingerprint density at radius 3 is 2.60 bits per heavy atom. The molecule has 1 unspecified atom stereocenters. The molecule has 6 heteroatoms. The molecule has 0 saturated carbocycles. The van der Waals surface area contributed by atoms with Crippen LogP contribution in [-0.4, -0.2) is 28.5 Å². The molecule has 1 atom stereocenters. The molecule has 0 aromatic carbocycles. The van der Waals surface area contributed by atoms with Gasteiger partial charge in [-0.3, -0.25) is 9.59 Å². The Balaban J connectivity index is 2.64. The summed E-state index contributed by atoms with van der Waals surface area (Å²) in [6, 6.07) is 2.97. The summed E-state index contributed by atoms with van der Waals surface area (Å²) in [6.07, 6.45) is 1.92. The van der Waals surface area contributed by atoms with E-state index in [2.05, 4.69) is 10.3 Å². The Labute approximate surface area is 123 Å². The fraction of sp³-hybridized carbons (Fsp3) is 0.500. The quantitative estimate of drug-likeness (QED) is 0.819. The van der Waals surface area contributed by atoms with Crippen molar-refractivity contribution in [2.75, 3.05) is 6.54 Å². The number of pyridine rings is 1. The number of carbonyl (C=O) groups is 2. The van der Waals surface area contributed by atoms with Crippen LogP contribution in [0.4, 0.5) is 0 Å². The molecule has 0 fully saturated rings. The molecular weight excluding hydrogens is 280 g/mol. The number of aromatic nitrogens is 1. The van der Waals surface area contributed by atoms with Gasteiger partial charge in [0.15, 0.2) is 0 Å². The number of amides is 1. The van der Waals surface area contributed by atoms with Crippen LogP contribution < -0.4 is 5.32 Å². The SMILES string of the molecule is CC(C)(C)CC(CNC(=O)c1ccnc(Cl)c1)C(=O)O. The summed E-state index contributed by atoms with van der Waals surface area (Å²) in [6.45, 7) is 5.99. The van der Waals surface area contributed by atoms with E-state index in [1.165, 1.54) is 18.3 Å². The van der Waals surface area contributed by atoms with Crippen molar-refractivity contribution in [1.29, 1.82) is 0 Å². The smallest absolute Gasteiger partial charge is 0.308 e. The van der Waals surface area contributed by atoms with E-state index in [9.17, 15) is 14.7 Å². The summed E-state index contributed by atoms with van der Waals surface area (Å²) in [5, 5.41) is 12.0. The molecule has 1 aromatic rings. The van der Waals surface area contributed by atoms with Gasteiger partial charge >= 0.3 is 5.97 Å². The van der Waals surface area contributed by atoms with Crippen molar-refractivity contribution >= 4 is 23.5 Å². The molecule has 2 N–H and O–H groups in total. The number of carbonyl (C=O) groups excluding carboxylic acids is 1. The molecule has 110 valence electrons. The second-order valence-electron chi connectivity index (χ2n) is 5.88. The van der Waals surface area contributed by atoms with Crippen molar-refractivity contribution in [1.82, 2.24) is 10.3 Å². The molecule has 1 heterocycles. The minimum atomic E-state index is -0.909. The van der Waals surface area contributed by atoms with Crippen LogP contribution in [0.2, 0.25) is 5.15 Å². The first kappa shape index (κ1) is 16.4. The highest BCUT2D eigenvalue weighted by molar-refractivity contribution is 6.29. The molecule has 5 nitrogen and oxygen atoms in total. The highest BCUT2D eigenvalue weighted by atomic mass is 35.5. The first-order valence-corrected chi connectivity index (χ1v) is 6.69. The van der Waals surface area contributed by atoms with E-state index < -0.39 is 11.9 Å². The van der Waals surface area contributed by atoms with Crippen LogP contribution in [0.3, 0.4) is 0 Å². The zero-order valence-electron chi connectivity index (χ0n) is 11.8. The molecule has 0 saturated heterocycles. The molecule has 1 rings (SSSR count). The number of carboxylic acid groups (broad SMARTS) is 1. The number of nitrogens with one attached hydrogen (secondary N) is 1. The van der Waals surface area contributed by atoms with Crippen LogP contribution in [0.1, 0.15) is 37.6 Å². The third-order valence-electron chi connectivity index (χ3n) is 2.71. The summed E-state index contributed by atoms with van der Waals surface area (Å²) < 4.78 is 0. The lowest BCUT2D eigenvalue weighted by molar-refractivity contribution is -0.142. The average molecular weight is 299 g/mol. The first-order valence-electron chi connectivity index (χ1n) is 6.31. The standard InChI is InChI=1S/C14H19ClN2O3/c1-14(2,3)7-10(13(19)20)8-17-12(18)9-4-5-16-11(15)6-9/h4-6,10H,7-8H2,1-3H3,(H,17,18)(H,19,20). The van der Waals surface area contributed by atoms with Crippen LogP contribution >= 0.6 is 11.6 Å². The van der Waals surface area contributed by atoms with Crippen molar-refractivity contribution in [3.05, 3.63) is 29.0 Å². The van der Waals surface area contributed by atoms with Gasteiger partial charge in [-0.05, 0) is 24.0 Å². The Morgan fingerprint density at radius 2 is 2.10 bits per heavy atom. The Bertz CT molecular complexity index is 497. The second-order valence-corrected chi connectivity index (χ2v) is 6.26. The number of rotatable bonds is 5. The normalized spacial score (nSPS) is 12.8. The minimum Gasteiger partial charge on any atom is -0.481 e. The second kappa shape index (κ2) is 6.70. The van der Waals surface area contributed by atoms with Crippen molar-refractivity contribution in [3.63, 3.8) is 0 Å². The monoisotopic (exact) mass is 298 g/mol. The van der Waals surface area contributed by atoms with Gasteiger partial charge in [0, 0.05) is 18.3 Å². The highest BCUT2D eigenvalue weighted by Crippen LogP contribution is 2.24. The molecule has 1 aromatic heterocycles. The van der Waals surface area contributed by atoms with E-state index in [-0.39, 0.29) is 23.0 Å². The lowest BCUT2D eigenvalue weighted by Crippen LogP contribution is -2.35. The van der Waals surface area contributed by atoms with Gasteiger partial charge in [0.2, 0.25) is 0 Å². The van der Waals surface area contributed by atoms with Gasteiger partial charge in [0.25, 0.3) is 5.91 Å². The number of carboxylic acids is 1. The first-order chi connectivity index (χ1) is 9.19. The molecule has 0 aliphatic rings. The summed E-state index contributed by atoms with van der Waals surface area (Å²) in [7, 11) is 0. The van der Waals surface area contributed by atoms with Crippen molar-refractivity contribution in [3.8, 4) is 0 Å². The number of aliphatic carboxylic acids is 1. The Hall–Kier alpha value is -1.62. The van der Waals surface area contributed by atoms with Gasteiger partial charge in [0.05, 0.1) is 5.92 Å². The lowest BCUT2D eigenvalue weighted by atomic mass is 9.84. The van der Waals surface area contributed by atoms with Gasteiger partial charge in [0.1, 0.15) is 5.15 Å². The third kappa shape index (κ3) is 5.57. The van der Waals surface area contributed by atoms with Crippen molar-refractivity contribution < 1.29 is 14.7 Å². The molecule has 0 bridgehead atoms. The molecule has 0 spiro atoms. The maximum absolute atomic E-state index is 11.9. The van der Waals surface area contributed by atoms with E-state index in [0.29, 0.717) is 12.0 Å². The van der Waals surface area contributed by atoms with Crippen molar-refractivity contribution in [2.45, 2.75) is 27.2 Å². The van der Waals surface area contributed by atoms with Crippen LogP contribution in [0.25, 0.3) is 0 Å². The maximum Gasteiger partial charge on any atom is 0.308 e. The van der Waals surface area contributed by atoms with E-state index in [1.807, 2.05) is 20.8 Å². The summed E-state index contributed by atoms with van der Waals surface area (Å²) >= 11 is 5.70. The fourth-order valence-corrected chi connectivity index (χ4v) is 2.02. The molecule has 0 radical (unpaired) electrons. The van der Waals surface area contributed by atoms with Gasteiger partial charge in [-0.15, -0.1) is 0 Å². The van der Waals surface area contributed by atoms with E-state index in [4.69, 9.17) is 11.6 Å². The van der Waals surface area contributed by atoms with Gasteiger partial charge in [-0.25, -0.2) is 4.98 Å². The predicted molar refractivity (Wildman–Crippen MR) is 76.8 cm³/mol. The lowest BCUT2D eigenvalue weighted by Gasteiger charge is -2.23. The van der Waals surface area contributed by atoms with Gasteiger partial charge < -0.3 is 10.4 Å². The van der Waals surface area contributed by atoms with Gasteiger partial charge in [-0.1, -0.05) is 32.4 Å². The summed E-state index contributed by atoms with van der Waals surface area (Å²) in [4.78, 5) is 26.9. The average Bonchev–Trinajstić information content (AvgIpc) is 2.32.